The summed E-state index contributed by atoms with van der Waals surface area (Å²) in [6.45, 7) is 9.12. The van der Waals surface area contributed by atoms with Crippen LogP contribution in [-0.2, 0) is 14.3 Å². The molecule has 0 amide bonds. The van der Waals surface area contributed by atoms with E-state index in [1.165, 1.54) is 57.8 Å². The van der Waals surface area contributed by atoms with Crippen LogP contribution in [0.3, 0.4) is 0 Å². The molecule has 1 radical (unpaired) electrons. The van der Waals surface area contributed by atoms with Gasteiger partial charge in [0.15, 0.2) is 0 Å². The summed E-state index contributed by atoms with van der Waals surface area (Å²) in [5.41, 5.74) is 0.285. The van der Waals surface area contributed by atoms with Crippen LogP contribution >= 0.6 is 0 Å². The Balaban J connectivity index is 2.04. The summed E-state index contributed by atoms with van der Waals surface area (Å²) in [5, 5.41) is 0. The molecule has 1 unspecified atom stereocenters. The van der Waals surface area contributed by atoms with Gasteiger partial charge >= 0.3 is 5.97 Å². The van der Waals surface area contributed by atoms with Gasteiger partial charge < -0.3 is 19.3 Å². The Bertz CT molecular complexity index is 534. The average molecular weight is 492 g/mol. The topological polar surface area (TPSA) is 49.9 Å². The number of carbonyl (C=O) groups is 2. The van der Waals surface area contributed by atoms with Gasteiger partial charge in [0, 0.05) is 19.4 Å². The lowest BCUT2D eigenvalue weighted by Gasteiger charge is -2.17. The minimum absolute atomic E-state index is 0.0226. The monoisotopic (exact) mass is 491 g/mol. The van der Waals surface area contributed by atoms with Crippen LogP contribution in [0.4, 0.5) is 0 Å². The summed E-state index contributed by atoms with van der Waals surface area (Å²) >= 11 is 0. The molecule has 1 aliphatic heterocycles. The van der Waals surface area contributed by atoms with Gasteiger partial charge in [-0.15, -0.1) is 0 Å². The smallest absolute Gasteiger partial charge is 0.305 e. The molecule has 0 spiro atoms. The van der Waals surface area contributed by atoms with Gasteiger partial charge in [0.25, 0.3) is 0 Å². The second-order valence-corrected chi connectivity index (χ2v) is 11.1. The quantitative estimate of drug-likeness (QED) is 0.0951. The van der Waals surface area contributed by atoms with Gasteiger partial charge in [-0.3, -0.25) is 4.79 Å². The Hall–Kier alpha value is -0.875. The summed E-state index contributed by atoms with van der Waals surface area (Å²) in [5.74, 6) is 1.20. The Morgan fingerprint density at radius 3 is 2.26 bits per heavy atom. The van der Waals surface area contributed by atoms with Crippen LogP contribution < -0.4 is 0 Å². The summed E-state index contributed by atoms with van der Waals surface area (Å²) in [7, 11) is 5.97. The summed E-state index contributed by atoms with van der Waals surface area (Å²) in [6.07, 6.45) is 18.2. The van der Waals surface area contributed by atoms with E-state index in [0.29, 0.717) is 25.3 Å². The van der Waals surface area contributed by atoms with E-state index in [4.69, 9.17) is 4.74 Å². The zero-order valence-electron chi connectivity index (χ0n) is 23.7. The molecule has 1 rings (SSSR count). The largest absolute Gasteiger partial charge is 0.466 e. The van der Waals surface area contributed by atoms with Crippen molar-refractivity contribution >= 4 is 18.9 Å². The molecule has 1 heterocycles. The van der Waals surface area contributed by atoms with Crippen LogP contribution in [-0.4, -0.2) is 75.6 Å². The minimum atomic E-state index is -0.0226. The Labute approximate surface area is 218 Å². The number of hydrogen-bond donors (Lipinski definition) is 0. The van der Waals surface area contributed by atoms with Crippen molar-refractivity contribution in [3.63, 3.8) is 0 Å². The molecule has 1 aliphatic rings. The molecule has 6 heteroatoms. The fourth-order valence-electron chi connectivity index (χ4n) is 5.09. The summed E-state index contributed by atoms with van der Waals surface area (Å²) in [6, 6.07) is 0. The first kappa shape index (κ1) is 32.2. The standard InChI is InChI=1S/C29H56BN2O3/c1-5-7-10-15-26(16-11-8-6-2)17-14-24-35-29(34)18-12-9-13-21-32-23-19-27(25-32)30-28(33)20-22-31(3)4/h26-27H,5-25H2,1-4H3. The molecule has 1 fully saturated rings. The van der Waals surface area contributed by atoms with Crippen molar-refractivity contribution in [2.24, 2.45) is 5.92 Å². The maximum atomic E-state index is 12.1. The van der Waals surface area contributed by atoms with Crippen LogP contribution in [0.25, 0.3) is 0 Å². The number of ether oxygens (including phenoxy) is 1. The predicted octanol–water partition coefficient (Wildman–Crippen LogP) is 6.32. The number of rotatable bonds is 23. The van der Waals surface area contributed by atoms with E-state index < -0.39 is 0 Å². The van der Waals surface area contributed by atoms with Gasteiger partial charge in [-0.1, -0.05) is 71.6 Å². The predicted molar refractivity (Wildman–Crippen MR) is 149 cm³/mol. The molecule has 0 aliphatic carbocycles. The highest BCUT2D eigenvalue weighted by Gasteiger charge is 2.25. The van der Waals surface area contributed by atoms with Crippen molar-refractivity contribution in [2.75, 3.05) is 46.9 Å². The van der Waals surface area contributed by atoms with Crippen molar-refractivity contribution in [3.05, 3.63) is 0 Å². The second kappa shape index (κ2) is 21.2. The van der Waals surface area contributed by atoms with Crippen molar-refractivity contribution in [2.45, 2.75) is 122 Å². The molecule has 35 heavy (non-hydrogen) atoms. The van der Waals surface area contributed by atoms with E-state index in [0.717, 1.165) is 64.2 Å². The number of nitrogens with zero attached hydrogens (tertiary/aromatic N) is 2. The first-order valence-corrected chi connectivity index (χ1v) is 14.8. The van der Waals surface area contributed by atoms with Crippen molar-refractivity contribution in [1.29, 1.82) is 0 Å². The number of unbranched alkanes of at least 4 members (excludes halogenated alkanes) is 6. The van der Waals surface area contributed by atoms with E-state index >= 15 is 0 Å². The lowest BCUT2D eigenvalue weighted by Crippen LogP contribution is -2.25. The van der Waals surface area contributed by atoms with Crippen molar-refractivity contribution in [1.82, 2.24) is 9.80 Å². The van der Waals surface area contributed by atoms with Gasteiger partial charge in [0.1, 0.15) is 0 Å². The van der Waals surface area contributed by atoms with E-state index in [1.807, 2.05) is 21.4 Å². The van der Waals surface area contributed by atoms with Crippen LogP contribution in [0.1, 0.15) is 117 Å². The number of carbonyl (C=O) groups excluding carboxylic acids is 2. The summed E-state index contributed by atoms with van der Waals surface area (Å²) < 4.78 is 5.52. The molecule has 0 aromatic carbocycles. The van der Waals surface area contributed by atoms with E-state index in [2.05, 4.69) is 23.6 Å². The molecule has 0 saturated carbocycles. The van der Waals surface area contributed by atoms with E-state index in [-0.39, 0.29) is 11.7 Å². The molecular weight excluding hydrogens is 435 g/mol. The zero-order chi connectivity index (χ0) is 25.7. The van der Waals surface area contributed by atoms with Gasteiger partial charge in [-0.05, 0) is 77.6 Å². The van der Waals surface area contributed by atoms with Gasteiger partial charge in [-0.25, -0.2) is 0 Å². The zero-order valence-corrected chi connectivity index (χ0v) is 23.7. The van der Waals surface area contributed by atoms with E-state index in [1.54, 1.807) is 0 Å². The van der Waals surface area contributed by atoms with Crippen LogP contribution in [0.15, 0.2) is 0 Å². The number of esters is 1. The molecule has 0 aromatic heterocycles. The molecule has 0 bridgehead atoms. The third-order valence-corrected chi connectivity index (χ3v) is 7.34. The molecule has 0 N–H and O–H groups in total. The van der Waals surface area contributed by atoms with Crippen LogP contribution in [0.5, 0.6) is 0 Å². The fourth-order valence-corrected chi connectivity index (χ4v) is 5.09. The van der Waals surface area contributed by atoms with Crippen molar-refractivity contribution < 1.29 is 14.3 Å². The SMILES string of the molecule is CCCCCC(CCCCC)CCCOC(=O)CCCCCN1CCC([B]C(=O)CCN(C)C)C1. The van der Waals surface area contributed by atoms with Gasteiger partial charge in [0.2, 0.25) is 7.28 Å². The van der Waals surface area contributed by atoms with Crippen LogP contribution in [0, 0.1) is 5.92 Å². The first-order valence-electron chi connectivity index (χ1n) is 14.8. The molecule has 1 saturated heterocycles. The number of hydrogen-bond acceptors (Lipinski definition) is 5. The summed E-state index contributed by atoms with van der Waals surface area (Å²) in [4.78, 5) is 28.7. The fraction of sp³-hybridized carbons (Fsp3) is 0.931. The average Bonchev–Trinajstić information content (AvgIpc) is 3.27. The maximum Gasteiger partial charge on any atom is 0.305 e. The van der Waals surface area contributed by atoms with Crippen LogP contribution in [0.2, 0.25) is 5.82 Å². The maximum absolute atomic E-state index is 12.1. The molecule has 1 atom stereocenters. The molecule has 203 valence electrons. The normalized spacial score (nSPS) is 16.3. The first-order chi connectivity index (χ1) is 16.9. The molecule has 5 nitrogen and oxygen atoms in total. The Kier molecular flexibility index (Phi) is 19.5. The highest BCUT2D eigenvalue weighted by atomic mass is 16.5. The molecule has 0 aromatic rings. The lowest BCUT2D eigenvalue weighted by atomic mass is 9.59. The van der Waals surface area contributed by atoms with E-state index in [9.17, 15) is 9.59 Å². The minimum Gasteiger partial charge on any atom is -0.466 e. The Morgan fingerprint density at radius 2 is 1.60 bits per heavy atom. The number of likely N-dealkylation sites (tertiary alicyclic amines) is 1. The van der Waals surface area contributed by atoms with Crippen molar-refractivity contribution in [3.8, 4) is 0 Å². The second-order valence-electron chi connectivity index (χ2n) is 11.1. The van der Waals surface area contributed by atoms with Gasteiger partial charge in [-0.2, -0.15) is 0 Å². The third-order valence-electron chi connectivity index (χ3n) is 7.34. The Morgan fingerprint density at radius 1 is 0.914 bits per heavy atom. The highest BCUT2D eigenvalue weighted by Crippen LogP contribution is 2.23. The van der Waals surface area contributed by atoms with Gasteiger partial charge in [0.05, 0.1) is 12.3 Å². The lowest BCUT2D eigenvalue weighted by molar-refractivity contribution is -0.144. The molecular formula is C29H56BN2O3. The highest BCUT2D eigenvalue weighted by molar-refractivity contribution is 6.75. The third kappa shape index (κ3) is 18.1.